The number of aliphatic hydroxyl groups is 1. The largest absolute Gasteiger partial charge is 0.508 e. The van der Waals surface area contributed by atoms with Crippen molar-refractivity contribution in [1.82, 2.24) is 0 Å². The van der Waals surface area contributed by atoms with E-state index in [0.717, 1.165) is 22.4 Å². The quantitative estimate of drug-likeness (QED) is 0.157. The third-order valence-electron chi connectivity index (χ3n) is 8.80. The lowest BCUT2D eigenvalue weighted by atomic mass is 9.56. The molecule has 3 N–H and O–H groups in total. The van der Waals surface area contributed by atoms with Crippen molar-refractivity contribution in [2.24, 2.45) is 5.41 Å². The number of carbonyl (C=O) groups is 1. The molecule has 2 aliphatic rings. The van der Waals surface area contributed by atoms with E-state index in [2.05, 4.69) is 64.7 Å². The van der Waals surface area contributed by atoms with Crippen molar-refractivity contribution in [3.8, 4) is 22.6 Å². The standard InChI is InChI=1S/C32H29NO4.C11H4/c34-26-13-7-8-22(20-26)23-14-15-27(28(35)21-23)29-31(30(36)33(29)25-11-5-2-6-12-25)16-18-32(37,19-17-31)24-9-3-1-4-10-24;1-3-5-7-9-11-10-8-6-4-2/h1-15,20-21,29,34-35,37H,16-19H2;1-2H2/t29-,31?,32?;/m1./s1. The summed E-state index contributed by atoms with van der Waals surface area (Å²) in [4.78, 5) is 15.6. The zero-order valence-corrected chi connectivity index (χ0v) is 26.3. The Morgan fingerprint density at radius 3 is 1.77 bits per heavy atom. The number of benzene rings is 4. The van der Waals surface area contributed by atoms with E-state index in [1.807, 2.05) is 78.9 Å². The number of hydrogen-bond acceptors (Lipinski definition) is 4. The summed E-state index contributed by atoms with van der Waals surface area (Å²) in [6, 6.07) is 31.3. The highest BCUT2D eigenvalue weighted by Gasteiger charge is 2.64. The molecule has 1 saturated heterocycles. The average Bonchev–Trinajstić information content (AvgIpc) is 3.12. The van der Waals surface area contributed by atoms with Crippen LogP contribution < -0.4 is 4.90 Å². The molecule has 1 saturated carbocycles. The summed E-state index contributed by atoms with van der Waals surface area (Å²) < 4.78 is 0. The normalized spacial score (nSPS) is 20.2. The van der Waals surface area contributed by atoms with Gasteiger partial charge in [0.05, 0.1) is 17.1 Å². The highest BCUT2D eigenvalue weighted by molar-refractivity contribution is 6.06. The number of amides is 1. The van der Waals surface area contributed by atoms with Crippen molar-refractivity contribution in [3.63, 3.8) is 0 Å². The second-order valence-corrected chi connectivity index (χ2v) is 11.5. The number of nitrogens with zero attached hydrogens (tertiary/aromatic N) is 1. The van der Waals surface area contributed by atoms with Crippen molar-refractivity contribution in [1.29, 1.82) is 0 Å². The van der Waals surface area contributed by atoms with Crippen LogP contribution in [0.25, 0.3) is 11.1 Å². The molecule has 0 radical (unpaired) electrons. The average molecular weight is 628 g/mol. The monoisotopic (exact) mass is 627 g/mol. The molecule has 1 aliphatic heterocycles. The van der Waals surface area contributed by atoms with Gasteiger partial charge in [0.15, 0.2) is 0 Å². The number of anilines is 1. The Kier molecular flexibility index (Phi) is 10.2. The van der Waals surface area contributed by atoms with Crippen LogP contribution in [0, 0.1) is 5.41 Å². The van der Waals surface area contributed by atoms with Gasteiger partial charge in [-0.3, -0.25) is 4.79 Å². The van der Waals surface area contributed by atoms with Crippen molar-refractivity contribution < 1.29 is 20.1 Å². The lowest BCUT2D eigenvalue weighted by Gasteiger charge is -2.59. The minimum atomic E-state index is -0.967. The molecular formula is C43H33NO4. The van der Waals surface area contributed by atoms with E-state index in [9.17, 15) is 20.1 Å². The summed E-state index contributed by atoms with van der Waals surface area (Å²) in [5.41, 5.74) is 24.2. The maximum atomic E-state index is 13.8. The first-order valence-corrected chi connectivity index (χ1v) is 15.4. The molecule has 1 heterocycles. The molecule has 5 nitrogen and oxygen atoms in total. The molecule has 4 aromatic rings. The molecule has 4 aromatic carbocycles. The van der Waals surface area contributed by atoms with Crippen LogP contribution >= 0.6 is 0 Å². The number of rotatable bonds is 4. The van der Waals surface area contributed by atoms with E-state index in [1.54, 1.807) is 29.2 Å². The number of hydrogen-bond donors (Lipinski definition) is 3. The number of phenolic OH excluding ortho intramolecular Hbond substituents is 2. The molecule has 1 aliphatic carbocycles. The number of phenols is 2. The summed E-state index contributed by atoms with van der Waals surface area (Å²) >= 11 is 0. The van der Waals surface area contributed by atoms with Gasteiger partial charge >= 0.3 is 0 Å². The van der Waals surface area contributed by atoms with Gasteiger partial charge < -0.3 is 20.2 Å². The Bertz CT molecular complexity index is 2110. The summed E-state index contributed by atoms with van der Waals surface area (Å²) in [5.74, 6) is 0.311. The molecule has 1 atom stereocenters. The lowest BCUT2D eigenvalue weighted by Crippen LogP contribution is -2.65. The van der Waals surface area contributed by atoms with Gasteiger partial charge in [-0.1, -0.05) is 84.3 Å². The van der Waals surface area contributed by atoms with Gasteiger partial charge in [0.2, 0.25) is 5.91 Å². The molecule has 0 unspecified atom stereocenters. The second-order valence-electron chi connectivity index (χ2n) is 11.5. The Labute approximate surface area is 280 Å². The maximum absolute atomic E-state index is 13.8. The molecule has 1 amide bonds. The van der Waals surface area contributed by atoms with Crippen molar-refractivity contribution >= 4 is 11.6 Å². The van der Waals surface area contributed by atoms with Crippen LogP contribution in [0.3, 0.4) is 0 Å². The smallest absolute Gasteiger partial charge is 0.236 e. The summed E-state index contributed by atoms with van der Waals surface area (Å²) in [6.07, 6.45) is 2.01. The van der Waals surface area contributed by atoms with Crippen molar-refractivity contribution in [2.75, 3.05) is 4.90 Å². The number of carbonyl (C=O) groups excluding carboxylic acids is 1. The van der Waals surface area contributed by atoms with E-state index < -0.39 is 11.0 Å². The van der Waals surface area contributed by atoms with Gasteiger partial charge in [-0.05, 0) is 126 Å². The molecule has 0 bridgehead atoms. The fourth-order valence-corrected chi connectivity index (χ4v) is 6.47. The van der Waals surface area contributed by atoms with Gasteiger partial charge in [0, 0.05) is 11.3 Å². The van der Waals surface area contributed by atoms with Crippen molar-refractivity contribution in [3.05, 3.63) is 179 Å². The molecule has 1 spiro atoms. The minimum absolute atomic E-state index is 0.0373. The Morgan fingerprint density at radius 1 is 0.646 bits per heavy atom. The second kappa shape index (κ2) is 14.8. The van der Waals surface area contributed by atoms with E-state index >= 15 is 0 Å². The van der Waals surface area contributed by atoms with Gasteiger partial charge in [-0.15, -0.1) is 0 Å². The maximum Gasteiger partial charge on any atom is 0.236 e. The molecule has 6 rings (SSSR count). The SMILES string of the molecule is C=C=C=C=C=C=C=C=C=C=C.O=C1N(c2ccccc2)[C@H](c2ccc(-c3cccc(O)c3)cc2O)C12CCC(O)(c1ccccc1)CC2. The van der Waals surface area contributed by atoms with Crippen LogP contribution in [0.1, 0.15) is 42.9 Å². The van der Waals surface area contributed by atoms with Gasteiger partial charge in [-0.2, -0.15) is 0 Å². The highest BCUT2D eigenvalue weighted by Crippen LogP contribution is 2.62. The van der Waals surface area contributed by atoms with Crippen LogP contribution in [0.15, 0.2) is 168 Å². The van der Waals surface area contributed by atoms with Gasteiger partial charge in [0.25, 0.3) is 0 Å². The van der Waals surface area contributed by atoms with Crippen LogP contribution in [-0.4, -0.2) is 21.2 Å². The molecule has 48 heavy (non-hydrogen) atoms. The van der Waals surface area contributed by atoms with E-state index in [-0.39, 0.29) is 23.4 Å². The van der Waals surface area contributed by atoms with Crippen LogP contribution in [0.2, 0.25) is 0 Å². The molecule has 5 heteroatoms. The van der Waals surface area contributed by atoms with Gasteiger partial charge in [0.1, 0.15) is 11.5 Å². The summed E-state index contributed by atoms with van der Waals surface area (Å²) in [5, 5.41) is 32.6. The topological polar surface area (TPSA) is 81.0 Å². The number of aromatic hydroxyl groups is 2. The Hall–Kier alpha value is -6.33. The molecule has 2 fully saturated rings. The number of β-lactam (4-membered cyclic amide) rings is 1. The minimum Gasteiger partial charge on any atom is -0.508 e. The van der Waals surface area contributed by atoms with E-state index in [1.165, 1.54) is 0 Å². The Morgan fingerprint density at radius 2 is 1.21 bits per heavy atom. The highest BCUT2D eigenvalue weighted by atomic mass is 16.3. The number of para-hydroxylation sites is 1. The van der Waals surface area contributed by atoms with Crippen LogP contribution in [-0.2, 0) is 10.4 Å². The summed E-state index contributed by atoms with van der Waals surface area (Å²) in [7, 11) is 0. The first kappa shape index (κ1) is 33.0. The predicted molar refractivity (Wildman–Crippen MR) is 186 cm³/mol. The molecule has 234 valence electrons. The zero-order valence-electron chi connectivity index (χ0n) is 26.3. The molecular weight excluding hydrogens is 594 g/mol. The third-order valence-corrected chi connectivity index (χ3v) is 8.80. The van der Waals surface area contributed by atoms with Crippen molar-refractivity contribution in [2.45, 2.75) is 37.3 Å². The fraction of sp³-hybridized carbons (Fsp3) is 0.163. The van der Waals surface area contributed by atoms with E-state index in [4.69, 9.17) is 0 Å². The van der Waals surface area contributed by atoms with Gasteiger partial charge in [-0.25, -0.2) is 0 Å². The van der Waals surface area contributed by atoms with Crippen LogP contribution in [0.4, 0.5) is 5.69 Å². The third kappa shape index (κ3) is 6.91. The summed E-state index contributed by atoms with van der Waals surface area (Å²) in [6.45, 7) is 6.55. The zero-order chi connectivity index (χ0) is 34.0. The first-order valence-electron chi connectivity index (χ1n) is 15.4. The Balaban J connectivity index is 0.000000354. The van der Waals surface area contributed by atoms with Crippen LogP contribution in [0.5, 0.6) is 11.5 Å². The predicted octanol–water partition coefficient (Wildman–Crippen LogP) is 8.50. The first-order chi connectivity index (χ1) is 23.3. The lowest BCUT2D eigenvalue weighted by molar-refractivity contribution is -0.149. The fourth-order valence-electron chi connectivity index (χ4n) is 6.47. The molecule has 0 aromatic heterocycles. The van der Waals surface area contributed by atoms with E-state index in [0.29, 0.717) is 31.2 Å².